The summed E-state index contributed by atoms with van der Waals surface area (Å²) in [6.45, 7) is 3.36. The molecule has 1 saturated heterocycles. The lowest BCUT2D eigenvalue weighted by Crippen LogP contribution is -2.60. The Morgan fingerprint density at radius 3 is 3.07 bits per heavy atom. The highest BCUT2D eigenvalue weighted by Crippen LogP contribution is 2.16. The Morgan fingerprint density at radius 1 is 1.79 bits per heavy atom. The second kappa shape index (κ2) is 3.67. The van der Waals surface area contributed by atoms with Crippen LogP contribution < -0.4 is 5.73 Å². The average Bonchev–Trinajstić information content (AvgIpc) is 2.65. The average molecular weight is 211 g/mol. The minimum Gasteiger partial charge on any atom is -0.333 e. The summed E-state index contributed by atoms with van der Waals surface area (Å²) in [7, 11) is 0. The first-order chi connectivity index (χ1) is 6.70. The Balaban J connectivity index is 1.95. The standard InChI is InChI=1S/C9H13N3OS/c1-2-8-11-6(5-14-8)3-12-4-7(10)9(12)13/h5,7H,2-4,10H2,1H3. The fourth-order valence-electron chi connectivity index (χ4n) is 1.45. The topological polar surface area (TPSA) is 59.2 Å². The first-order valence-electron chi connectivity index (χ1n) is 4.68. The number of carbonyl (C=O) groups is 1. The van der Waals surface area contributed by atoms with Gasteiger partial charge < -0.3 is 10.6 Å². The fraction of sp³-hybridized carbons (Fsp3) is 0.556. The molecule has 2 heterocycles. The zero-order valence-corrected chi connectivity index (χ0v) is 8.88. The molecule has 1 amide bonds. The quantitative estimate of drug-likeness (QED) is 0.735. The van der Waals surface area contributed by atoms with E-state index >= 15 is 0 Å². The van der Waals surface area contributed by atoms with Crippen molar-refractivity contribution in [3.05, 3.63) is 16.1 Å². The lowest BCUT2D eigenvalue weighted by Gasteiger charge is -2.35. The van der Waals surface area contributed by atoms with E-state index in [-0.39, 0.29) is 11.9 Å². The van der Waals surface area contributed by atoms with Gasteiger partial charge in [-0.1, -0.05) is 6.92 Å². The molecule has 2 N–H and O–H groups in total. The van der Waals surface area contributed by atoms with Crippen LogP contribution in [0.1, 0.15) is 17.6 Å². The van der Waals surface area contributed by atoms with Gasteiger partial charge in [-0.2, -0.15) is 0 Å². The van der Waals surface area contributed by atoms with Crippen molar-refractivity contribution in [1.82, 2.24) is 9.88 Å². The van der Waals surface area contributed by atoms with E-state index in [9.17, 15) is 4.79 Å². The van der Waals surface area contributed by atoms with E-state index in [0.717, 1.165) is 17.1 Å². The molecule has 1 aliphatic heterocycles. The number of hydrogen-bond acceptors (Lipinski definition) is 4. The maximum Gasteiger partial charge on any atom is 0.241 e. The normalized spacial score (nSPS) is 21.1. The Labute approximate surface area is 86.7 Å². The van der Waals surface area contributed by atoms with E-state index < -0.39 is 0 Å². The number of hydrogen-bond donors (Lipinski definition) is 1. The molecule has 0 bridgehead atoms. The summed E-state index contributed by atoms with van der Waals surface area (Å²) in [5, 5.41) is 3.13. The van der Waals surface area contributed by atoms with Gasteiger partial charge in [0.2, 0.25) is 5.91 Å². The number of rotatable bonds is 3. The molecule has 0 aromatic carbocycles. The molecule has 4 nitrogen and oxygen atoms in total. The van der Waals surface area contributed by atoms with Gasteiger partial charge in [-0.05, 0) is 6.42 Å². The molecule has 1 unspecified atom stereocenters. The van der Waals surface area contributed by atoms with E-state index in [1.807, 2.05) is 5.38 Å². The fourth-order valence-corrected chi connectivity index (χ4v) is 2.19. The minimum absolute atomic E-state index is 0.0380. The third-order valence-corrected chi connectivity index (χ3v) is 3.34. The van der Waals surface area contributed by atoms with Gasteiger partial charge in [0, 0.05) is 11.9 Å². The van der Waals surface area contributed by atoms with Crippen molar-refractivity contribution in [2.24, 2.45) is 5.73 Å². The van der Waals surface area contributed by atoms with Crippen LogP contribution in [0.15, 0.2) is 5.38 Å². The van der Waals surface area contributed by atoms with Crippen molar-refractivity contribution in [3.63, 3.8) is 0 Å². The van der Waals surface area contributed by atoms with Crippen LogP contribution in [-0.4, -0.2) is 28.4 Å². The first-order valence-corrected chi connectivity index (χ1v) is 5.56. The van der Waals surface area contributed by atoms with Crippen molar-refractivity contribution in [1.29, 1.82) is 0 Å². The van der Waals surface area contributed by atoms with Crippen molar-refractivity contribution in [3.8, 4) is 0 Å². The van der Waals surface area contributed by atoms with Gasteiger partial charge in [0.1, 0.15) is 6.04 Å². The molecule has 14 heavy (non-hydrogen) atoms. The highest BCUT2D eigenvalue weighted by molar-refractivity contribution is 7.09. The molecule has 76 valence electrons. The van der Waals surface area contributed by atoms with Gasteiger partial charge in [0.15, 0.2) is 0 Å². The van der Waals surface area contributed by atoms with E-state index in [2.05, 4.69) is 11.9 Å². The van der Waals surface area contributed by atoms with E-state index in [1.165, 1.54) is 0 Å². The van der Waals surface area contributed by atoms with Crippen LogP contribution in [0, 0.1) is 0 Å². The maximum atomic E-state index is 11.2. The molecule has 1 atom stereocenters. The number of nitrogens with zero attached hydrogens (tertiary/aromatic N) is 2. The molecule has 2 rings (SSSR count). The Kier molecular flexibility index (Phi) is 2.52. The predicted molar refractivity (Wildman–Crippen MR) is 54.9 cm³/mol. The van der Waals surface area contributed by atoms with E-state index in [4.69, 9.17) is 5.73 Å². The lowest BCUT2D eigenvalue weighted by atomic mass is 10.1. The summed E-state index contributed by atoms with van der Waals surface area (Å²) < 4.78 is 0. The molecule has 1 aromatic rings. The Bertz CT molecular complexity index is 350. The van der Waals surface area contributed by atoms with Gasteiger partial charge in [-0.3, -0.25) is 4.79 Å². The van der Waals surface area contributed by atoms with Crippen molar-refractivity contribution in [2.75, 3.05) is 6.54 Å². The second-order valence-corrected chi connectivity index (χ2v) is 4.35. The van der Waals surface area contributed by atoms with Crippen LogP contribution >= 0.6 is 11.3 Å². The summed E-state index contributed by atoms with van der Waals surface area (Å²) in [4.78, 5) is 17.3. The number of aromatic nitrogens is 1. The molecular formula is C9H13N3OS. The van der Waals surface area contributed by atoms with Gasteiger partial charge in [-0.15, -0.1) is 11.3 Å². The maximum absolute atomic E-state index is 11.2. The number of likely N-dealkylation sites (tertiary alicyclic amines) is 1. The number of thiazole rings is 1. The number of β-lactam (4-membered cyclic amide) rings is 1. The monoisotopic (exact) mass is 211 g/mol. The highest BCUT2D eigenvalue weighted by Gasteiger charge is 2.33. The number of aryl methyl sites for hydroxylation is 1. The number of amides is 1. The first kappa shape index (κ1) is 9.61. The van der Waals surface area contributed by atoms with Crippen LogP contribution in [0.3, 0.4) is 0 Å². The molecule has 1 fully saturated rings. The summed E-state index contributed by atoms with van der Waals surface area (Å²) in [5.74, 6) is 0.0380. The van der Waals surface area contributed by atoms with Crippen LogP contribution in [0.5, 0.6) is 0 Å². The third kappa shape index (κ3) is 1.65. The van der Waals surface area contributed by atoms with Gasteiger partial charge >= 0.3 is 0 Å². The summed E-state index contributed by atoms with van der Waals surface area (Å²) in [6.07, 6.45) is 0.956. The van der Waals surface area contributed by atoms with Crippen molar-refractivity contribution in [2.45, 2.75) is 25.9 Å². The van der Waals surface area contributed by atoms with E-state index in [0.29, 0.717) is 13.1 Å². The molecule has 0 aliphatic carbocycles. The SMILES string of the molecule is CCc1nc(CN2CC(N)C2=O)cs1. The van der Waals surface area contributed by atoms with Crippen LogP contribution in [0.4, 0.5) is 0 Å². The zero-order chi connectivity index (χ0) is 10.1. The van der Waals surface area contributed by atoms with Crippen molar-refractivity contribution >= 4 is 17.2 Å². The van der Waals surface area contributed by atoms with Crippen molar-refractivity contribution < 1.29 is 4.79 Å². The minimum atomic E-state index is -0.278. The predicted octanol–water partition coefficient (Wildman–Crippen LogP) is 0.375. The molecule has 0 spiro atoms. The third-order valence-electron chi connectivity index (χ3n) is 2.30. The van der Waals surface area contributed by atoms with Gasteiger partial charge in [0.25, 0.3) is 0 Å². The van der Waals surface area contributed by atoms with Crippen LogP contribution in [0.2, 0.25) is 0 Å². The molecule has 1 aliphatic rings. The zero-order valence-electron chi connectivity index (χ0n) is 8.06. The lowest BCUT2D eigenvalue weighted by molar-refractivity contribution is -0.143. The summed E-state index contributed by atoms with van der Waals surface area (Å²) >= 11 is 1.65. The number of carbonyl (C=O) groups excluding carboxylic acids is 1. The van der Waals surface area contributed by atoms with Gasteiger partial charge in [0.05, 0.1) is 17.2 Å². The second-order valence-electron chi connectivity index (χ2n) is 3.41. The molecule has 1 aromatic heterocycles. The Hall–Kier alpha value is -0.940. The molecule has 0 radical (unpaired) electrons. The van der Waals surface area contributed by atoms with Crippen LogP contribution in [-0.2, 0) is 17.8 Å². The molecule has 5 heteroatoms. The Morgan fingerprint density at radius 2 is 2.57 bits per heavy atom. The highest BCUT2D eigenvalue weighted by atomic mass is 32.1. The molecule has 0 saturated carbocycles. The molecular weight excluding hydrogens is 198 g/mol. The summed E-state index contributed by atoms with van der Waals surface area (Å²) in [5.41, 5.74) is 6.47. The largest absolute Gasteiger partial charge is 0.333 e. The van der Waals surface area contributed by atoms with Gasteiger partial charge in [-0.25, -0.2) is 4.98 Å². The smallest absolute Gasteiger partial charge is 0.241 e. The summed E-state index contributed by atoms with van der Waals surface area (Å²) in [6, 6.07) is -0.278. The van der Waals surface area contributed by atoms with Crippen LogP contribution in [0.25, 0.3) is 0 Å². The van der Waals surface area contributed by atoms with E-state index in [1.54, 1.807) is 16.2 Å². The number of nitrogens with two attached hydrogens (primary N) is 1.